The highest BCUT2D eigenvalue weighted by Crippen LogP contribution is 2.34. The molecule has 0 fully saturated rings. The van der Waals surface area contributed by atoms with Gasteiger partial charge in [0.1, 0.15) is 5.75 Å². The Morgan fingerprint density at radius 1 is 1.19 bits per heavy atom. The van der Waals surface area contributed by atoms with Gasteiger partial charge in [-0.1, -0.05) is 6.07 Å². The third kappa shape index (κ3) is 1.30. The van der Waals surface area contributed by atoms with E-state index in [0.29, 0.717) is 0 Å². The number of ether oxygens (including phenoxy) is 1. The SMILES string of the molecule is Cc1ccc2c(c1)OC(C)[n+]1ccccc1-2. The monoisotopic (exact) mass is 212 g/mol. The molecule has 1 aromatic carbocycles. The van der Waals surface area contributed by atoms with E-state index in [4.69, 9.17) is 4.74 Å². The zero-order valence-corrected chi connectivity index (χ0v) is 9.47. The van der Waals surface area contributed by atoms with Gasteiger partial charge in [-0.3, -0.25) is 0 Å². The molecule has 1 atom stereocenters. The van der Waals surface area contributed by atoms with Crippen molar-refractivity contribution in [1.82, 2.24) is 0 Å². The molecule has 2 nitrogen and oxygen atoms in total. The molecule has 80 valence electrons. The number of nitrogens with zero attached hydrogens (tertiary/aromatic N) is 1. The van der Waals surface area contributed by atoms with Crippen LogP contribution in [0.3, 0.4) is 0 Å². The van der Waals surface area contributed by atoms with Crippen LogP contribution in [-0.4, -0.2) is 0 Å². The summed E-state index contributed by atoms with van der Waals surface area (Å²) in [5, 5.41) is 0. The van der Waals surface area contributed by atoms with Gasteiger partial charge in [0.25, 0.3) is 6.23 Å². The van der Waals surface area contributed by atoms with E-state index in [2.05, 4.69) is 54.9 Å². The van der Waals surface area contributed by atoms with Crippen LogP contribution in [0.5, 0.6) is 5.75 Å². The molecule has 2 heteroatoms. The van der Waals surface area contributed by atoms with Gasteiger partial charge in [0.15, 0.2) is 6.20 Å². The van der Waals surface area contributed by atoms with Crippen LogP contribution in [0.25, 0.3) is 11.3 Å². The molecule has 0 aliphatic carbocycles. The number of pyridine rings is 1. The quantitative estimate of drug-likeness (QED) is 0.612. The van der Waals surface area contributed by atoms with Crippen molar-refractivity contribution in [1.29, 1.82) is 0 Å². The second-order valence-electron chi connectivity index (χ2n) is 4.21. The molecule has 0 saturated heterocycles. The van der Waals surface area contributed by atoms with Crippen LogP contribution in [0, 0.1) is 6.92 Å². The predicted molar refractivity (Wildman–Crippen MR) is 62.1 cm³/mol. The molecule has 2 heterocycles. The summed E-state index contributed by atoms with van der Waals surface area (Å²) in [5.41, 5.74) is 3.62. The Morgan fingerprint density at radius 3 is 2.94 bits per heavy atom. The zero-order chi connectivity index (χ0) is 11.1. The van der Waals surface area contributed by atoms with Gasteiger partial charge in [0.2, 0.25) is 5.69 Å². The summed E-state index contributed by atoms with van der Waals surface area (Å²) in [6.07, 6.45) is 2.12. The Morgan fingerprint density at radius 2 is 2.06 bits per heavy atom. The van der Waals surface area contributed by atoms with E-state index in [0.717, 1.165) is 5.75 Å². The topological polar surface area (TPSA) is 13.1 Å². The lowest BCUT2D eigenvalue weighted by atomic mass is 10.1. The van der Waals surface area contributed by atoms with Crippen LogP contribution in [-0.2, 0) is 0 Å². The van der Waals surface area contributed by atoms with Gasteiger partial charge in [-0.15, -0.1) is 0 Å². The maximum absolute atomic E-state index is 5.90. The molecule has 0 bridgehead atoms. The highest BCUT2D eigenvalue weighted by molar-refractivity contribution is 5.66. The average molecular weight is 212 g/mol. The smallest absolute Gasteiger partial charge is 0.299 e. The van der Waals surface area contributed by atoms with Crippen molar-refractivity contribution in [3.05, 3.63) is 48.2 Å². The van der Waals surface area contributed by atoms with Gasteiger partial charge in [-0.25, -0.2) is 0 Å². The van der Waals surface area contributed by atoms with Crippen LogP contribution in [0.1, 0.15) is 18.7 Å². The Hall–Kier alpha value is -1.83. The van der Waals surface area contributed by atoms with Gasteiger partial charge >= 0.3 is 0 Å². The second-order valence-corrected chi connectivity index (χ2v) is 4.21. The summed E-state index contributed by atoms with van der Waals surface area (Å²) >= 11 is 0. The van der Waals surface area contributed by atoms with Crippen molar-refractivity contribution in [2.45, 2.75) is 20.1 Å². The standard InChI is InChI=1S/C14H14NO/c1-10-6-7-12-13-5-3-4-8-15(13)11(2)16-14(12)9-10/h3-9,11H,1-2H3/q+1. The first kappa shape index (κ1) is 9.40. The van der Waals surface area contributed by atoms with Crippen LogP contribution in [0.4, 0.5) is 0 Å². The molecule has 1 aliphatic heterocycles. The largest absolute Gasteiger partial charge is 0.433 e. The molecule has 0 spiro atoms. The third-order valence-electron chi connectivity index (χ3n) is 2.99. The molecule has 0 amide bonds. The molecule has 0 saturated carbocycles. The predicted octanol–water partition coefficient (Wildman–Crippen LogP) is 2.86. The van der Waals surface area contributed by atoms with Crippen molar-refractivity contribution in [3.8, 4) is 17.0 Å². The maximum Gasteiger partial charge on any atom is 0.299 e. The zero-order valence-electron chi connectivity index (χ0n) is 9.47. The lowest BCUT2D eigenvalue weighted by Crippen LogP contribution is -2.45. The lowest BCUT2D eigenvalue weighted by Gasteiger charge is -2.20. The first-order valence-corrected chi connectivity index (χ1v) is 5.53. The minimum atomic E-state index is 0.0606. The number of benzene rings is 1. The van der Waals surface area contributed by atoms with Crippen LogP contribution in [0.15, 0.2) is 42.6 Å². The van der Waals surface area contributed by atoms with Crippen LogP contribution in [0.2, 0.25) is 0 Å². The van der Waals surface area contributed by atoms with E-state index >= 15 is 0 Å². The van der Waals surface area contributed by atoms with E-state index in [1.54, 1.807) is 0 Å². The van der Waals surface area contributed by atoms with Crippen molar-refractivity contribution < 1.29 is 9.30 Å². The molecule has 1 unspecified atom stereocenters. The number of rotatable bonds is 0. The average Bonchev–Trinajstić information content (AvgIpc) is 2.29. The van der Waals surface area contributed by atoms with Crippen molar-refractivity contribution >= 4 is 0 Å². The molecule has 1 aliphatic rings. The van der Waals surface area contributed by atoms with Gasteiger partial charge < -0.3 is 4.74 Å². The van der Waals surface area contributed by atoms with Crippen molar-refractivity contribution in [3.63, 3.8) is 0 Å². The van der Waals surface area contributed by atoms with E-state index in [1.165, 1.54) is 16.8 Å². The van der Waals surface area contributed by atoms with Gasteiger partial charge in [-0.05, 0) is 30.7 Å². The molecule has 3 rings (SSSR count). The molecule has 2 aromatic rings. The van der Waals surface area contributed by atoms with Crippen molar-refractivity contribution in [2.75, 3.05) is 0 Å². The highest BCUT2D eigenvalue weighted by atomic mass is 16.5. The van der Waals surface area contributed by atoms with Gasteiger partial charge in [0, 0.05) is 19.1 Å². The summed E-state index contributed by atoms with van der Waals surface area (Å²) in [6.45, 7) is 4.15. The first-order valence-electron chi connectivity index (χ1n) is 5.53. The number of aromatic nitrogens is 1. The fraction of sp³-hybridized carbons (Fsp3) is 0.214. The van der Waals surface area contributed by atoms with Crippen LogP contribution < -0.4 is 9.30 Å². The Balaban J connectivity index is 2.27. The molecule has 1 aromatic heterocycles. The highest BCUT2D eigenvalue weighted by Gasteiger charge is 2.28. The molecular weight excluding hydrogens is 198 g/mol. The lowest BCUT2D eigenvalue weighted by molar-refractivity contribution is -0.743. The van der Waals surface area contributed by atoms with Gasteiger partial charge in [-0.2, -0.15) is 4.57 Å². The van der Waals surface area contributed by atoms with Crippen molar-refractivity contribution in [2.24, 2.45) is 0 Å². The fourth-order valence-corrected chi connectivity index (χ4v) is 2.18. The maximum atomic E-state index is 5.90. The minimum Gasteiger partial charge on any atom is -0.433 e. The number of hydrogen-bond acceptors (Lipinski definition) is 1. The summed E-state index contributed by atoms with van der Waals surface area (Å²) < 4.78 is 8.05. The minimum absolute atomic E-state index is 0.0606. The Bertz CT molecular complexity index is 548. The Kier molecular flexibility index (Phi) is 1.96. The summed E-state index contributed by atoms with van der Waals surface area (Å²) in [5.74, 6) is 0.985. The summed E-state index contributed by atoms with van der Waals surface area (Å²) in [7, 11) is 0. The summed E-state index contributed by atoms with van der Waals surface area (Å²) in [4.78, 5) is 0. The second kappa shape index (κ2) is 3.34. The normalized spacial score (nSPS) is 17.2. The third-order valence-corrected chi connectivity index (χ3v) is 2.99. The number of aryl methyl sites for hydroxylation is 1. The van der Waals surface area contributed by atoms with E-state index in [-0.39, 0.29) is 6.23 Å². The fourth-order valence-electron chi connectivity index (χ4n) is 2.18. The molecule has 0 N–H and O–H groups in total. The molecule has 16 heavy (non-hydrogen) atoms. The molecular formula is C14H14NO+. The number of hydrogen-bond donors (Lipinski definition) is 0. The van der Waals surface area contributed by atoms with E-state index in [9.17, 15) is 0 Å². The van der Waals surface area contributed by atoms with Gasteiger partial charge in [0.05, 0.1) is 5.56 Å². The van der Waals surface area contributed by atoms with Crippen LogP contribution >= 0.6 is 0 Å². The summed E-state index contributed by atoms with van der Waals surface area (Å²) in [6, 6.07) is 12.6. The number of fused-ring (bicyclic) bond motifs is 3. The van der Waals surface area contributed by atoms with E-state index in [1.807, 2.05) is 6.07 Å². The van der Waals surface area contributed by atoms with E-state index < -0.39 is 0 Å². The first-order chi connectivity index (χ1) is 7.75. The Labute approximate surface area is 95.1 Å². The molecule has 0 radical (unpaired) electrons.